The zero-order valence-electron chi connectivity index (χ0n) is 11.2. The number of nitrogens with zero attached hydrogens (tertiary/aromatic N) is 4. The molecule has 0 aliphatic carbocycles. The van der Waals surface area contributed by atoms with Crippen LogP contribution in [0.25, 0.3) is 10.3 Å². The monoisotopic (exact) mass is 342 g/mol. The Kier molecular flexibility index (Phi) is 4.63. The SMILES string of the molecule is COc1cc(C=NNc2nncn2N)cc2sc(=O)oc12.Cl. The van der Waals surface area contributed by atoms with Crippen molar-refractivity contribution in [1.29, 1.82) is 0 Å². The first-order valence-electron chi connectivity index (χ1n) is 5.73. The second kappa shape index (κ2) is 6.45. The van der Waals surface area contributed by atoms with Crippen LogP contribution in [0.4, 0.5) is 5.95 Å². The van der Waals surface area contributed by atoms with Crippen molar-refractivity contribution >= 4 is 46.2 Å². The summed E-state index contributed by atoms with van der Waals surface area (Å²) in [5.41, 5.74) is 3.80. The number of rotatable bonds is 4. The summed E-state index contributed by atoms with van der Waals surface area (Å²) in [6.07, 6.45) is 2.89. The molecule has 3 aromatic rings. The molecule has 3 N–H and O–H groups in total. The third-order valence-electron chi connectivity index (χ3n) is 2.59. The van der Waals surface area contributed by atoms with E-state index in [2.05, 4.69) is 20.7 Å². The highest BCUT2D eigenvalue weighted by atomic mass is 35.5. The normalized spacial score (nSPS) is 10.8. The predicted octanol–water partition coefficient (Wildman–Crippen LogP) is 1.04. The summed E-state index contributed by atoms with van der Waals surface area (Å²) in [6, 6.07) is 3.47. The Morgan fingerprint density at radius 1 is 1.55 bits per heavy atom. The predicted molar refractivity (Wildman–Crippen MR) is 85.6 cm³/mol. The first-order valence-corrected chi connectivity index (χ1v) is 6.55. The van der Waals surface area contributed by atoms with Gasteiger partial charge in [-0.1, -0.05) is 11.3 Å². The van der Waals surface area contributed by atoms with Crippen molar-refractivity contribution < 1.29 is 9.15 Å². The Morgan fingerprint density at radius 3 is 3.05 bits per heavy atom. The van der Waals surface area contributed by atoms with Crippen LogP contribution in [0.15, 0.2) is 32.8 Å². The summed E-state index contributed by atoms with van der Waals surface area (Å²) in [4.78, 5) is 10.9. The van der Waals surface area contributed by atoms with Crippen LogP contribution in [0.2, 0.25) is 0 Å². The highest BCUT2D eigenvalue weighted by Crippen LogP contribution is 2.28. The third-order valence-corrected chi connectivity index (χ3v) is 3.37. The maximum absolute atomic E-state index is 11.3. The number of hydrogen-bond donors (Lipinski definition) is 2. The number of anilines is 1. The van der Waals surface area contributed by atoms with Gasteiger partial charge in [0, 0.05) is 0 Å². The van der Waals surface area contributed by atoms with E-state index < -0.39 is 0 Å². The molecule has 0 amide bonds. The van der Waals surface area contributed by atoms with Gasteiger partial charge in [-0.05, 0) is 17.7 Å². The molecule has 116 valence electrons. The van der Waals surface area contributed by atoms with Gasteiger partial charge in [0.2, 0.25) is 0 Å². The molecule has 3 rings (SSSR count). The summed E-state index contributed by atoms with van der Waals surface area (Å²) in [7, 11) is 1.50. The number of hydrazone groups is 1. The fourth-order valence-corrected chi connectivity index (χ4v) is 2.42. The topological polar surface area (TPSA) is 121 Å². The van der Waals surface area contributed by atoms with Gasteiger partial charge in [-0.2, -0.15) is 5.10 Å². The number of nitrogens with two attached hydrogens (primary N) is 1. The van der Waals surface area contributed by atoms with Gasteiger partial charge in [-0.15, -0.1) is 22.6 Å². The largest absolute Gasteiger partial charge is 0.493 e. The van der Waals surface area contributed by atoms with Gasteiger partial charge in [-0.25, -0.2) is 14.9 Å². The molecule has 0 saturated heterocycles. The Bertz CT molecular complexity index is 870. The zero-order valence-corrected chi connectivity index (χ0v) is 12.8. The number of nitrogens with one attached hydrogen (secondary N) is 1. The van der Waals surface area contributed by atoms with Crippen LogP contribution < -0.4 is 20.9 Å². The number of nitrogen functional groups attached to an aromatic ring is 1. The van der Waals surface area contributed by atoms with Crippen LogP contribution in [0, 0.1) is 0 Å². The molecular formula is C11H11ClN6O3S. The molecule has 0 spiro atoms. The van der Waals surface area contributed by atoms with Gasteiger partial charge < -0.3 is 15.0 Å². The van der Waals surface area contributed by atoms with Crippen molar-refractivity contribution in [1.82, 2.24) is 14.9 Å². The van der Waals surface area contributed by atoms with Gasteiger partial charge in [0.1, 0.15) is 6.33 Å². The summed E-state index contributed by atoms with van der Waals surface area (Å²) in [6.45, 7) is 0. The molecule has 0 aliphatic heterocycles. The number of ether oxygens (including phenoxy) is 1. The van der Waals surface area contributed by atoms with Crippen LogP contribution in [0.3, 0.4) is 0 Å². The quantitative estimate of drug-likeness (QED) is 0.412. The Labute approximate surface area is 133 Å². The van der Waals surface area contributed by atoms with Crippen molar-refractivity contribution in [2.45, 2.75) is 0 Å². The van der Waals surface area contributed by atoms with E-state index in [0.29, 0.717) is 22.0 Å². The average Bonchev–Trinajstić information content (AvgIpc) is 3.03. The van der Waals surface area contributed by atoms with Crippen molar-refractivity contribution in [3.8, 4) is 5.75 Å². The van der Waals surface area contributed by atoms with Gasteiger partial charge >= 0.3 is 4.94 Å². The van der Waals surface area contributed by atoms with Crippen LogP contribution in [0.1, 0.15) is 5.56 Å². The van der Waals surface area contributed by atoms with E-state index in [-0.39, 0.29) is 17.3 Å². The number of methoxy groups -OCH3 is 1. The molecule has 0 unspecified atom stereocenters. The van der Waals surface area contributed by atoms with Crippen LogP contribution in [0.5, 0.6) is 5.75 Å². The second-order valence-electron chi connectivity index (χ2n) is 3.94. The van der Waals surface area contributed by atoms with Crippen molar-refractivity contribution in [2.24, 2.45) is 5.10 Å². The van der Waals surface area contributed by atoms with E-state index in [9.17, 15) is 4.79 Å². The minimum absolute atomic E-state index is 0. The van der Waals surface area contributed by atoms with Gasteiger partial charge in [0.15, 0.2) is 11.3 Å². The Morgan fingerprint density at radius 2 is 2.36 bits per heavy atom. The van der Waals surface area contributed by atoms with Gasteiger partial charge in [-0.3, -0.25) is 0 Å². The number of fused-ring (bicyclic) bond motifs is 1. The maximum Gasteiger partial charge on any atom is 0.396 e. The first kappa shape index (κ1) is 15.8. The molecule has 2 heterocycles. The van der Waals surface area contributed by atoms with E-state index in [4.69, 9.17) is 15.0 Å². The fraction of sp³-hybridized carbons (Fsp3) is 0.0909. The Hall–Kier alpha value is -2.59. The van der Waals surface area contributed by atoms with Crippen LogP contribution in [-0.2, 0) is 0 Å². The second-order valence-corrected chi connectivity index (χ2v) is 4.91. The van der Waals surface area contributed by atoms with Gasteiger partial charge in [0.25, 0.3) is 5.95 Å². The standard InChI is InChI=1S/C11H10N6O3S.ClH/c1-19-7-2-6(3-8-9(7)20-11(18)21-8)4-13-15-10-16-14-5-17(10)12;/h2-5H,12H2,1H3,(H,15,16);1H. The first-order chi connectivity index (χ1) is 10.2. The molecule has 0 radical (unpaired) electrons. The zero-order chi connectivity index (χ0) is 14.8. The number of halogens is 1. The lowest BCUT2D eigenvalue weighted by molar-refractivity contribution is 0.408. The fourth-order valence-electron chi connectivity index (χ4n) is 1.68. The molecular weight excluding hydrogens is 332 g/mol. The molecule has 0 fully saturated rings. The van der Waals surface area contributed by atoms with E-state index in [1.807, 2.05) is 0 Å². The lowest BCUT2D eigenvalue weighted by Gasteiger charge is -2.02. The van der Waals surface area contributed by atoms with Crippen LogP contribution in [-0.4, -0.2) is 28.2 Å². The highest BCUT2D eigenvalue weighted by Gasteiger charge is 2.10. The minimum atomic E-state index is -0.383. The summed E-state index contributed by atoms with van der Waals surface area (Å²) in [5.74, 6) is 6.30. The molecule has 0 aliphatic rings. The smallest absolute Gasteiger partial charge is 0.396 e. The van der Waals surface area contributed by atoms with Crippen molar-refractivity contribution in [2.75, 3.05) is 18.4 Å². The number of aromatic nitrogens is 3. The maximum atomic E-state index is 11.3. The molecule has 1 aromatic carbocycles. The molecule has 11 heteroatoms. The third kappa shape index (κ3) is 3.02. The molecule has 2 aromatic heterocycles. The van der Waals surface area contributed by atoms with E-state index in [0.717, 1.165) is 16.9 Å². The highest BCUT2D eigenvalue weighted by molar-refractivity contribution is 7.16. The van der Waals surface area contributed by atoms with Crippen LogP contribution >= 0.6 is 23.7 Å². The average molecular weight is 343 g/mol. The summed E-state index contributed by atoms with van der Waals surface area (Å²) >= 11 is 0.999. The van der Waals surface area contributed by atoms with Gasteiger partial charge in [0.05, 0.1) is 18.0 Å². The molecule has 22 heavy (non-hydrogen) atoms. The number of hydrogen-bond acceptors (Lipinski definition) is 9. The van der Waals surface area contributed by atoms with Crippen molar-refractivity contribution in [3.05, 3.63) is 33.8 Å². The van der Waals surface area contributed by atoms with Crippen molar-refractivity contribution in [3.63, 3.8) is 0 Å². The van der Waals surface area contributed by atoms with E-state index >= 15 is 0 Å². The lowest BCUT2D eigenvalue weighted by Crippen LogP contribution is -2.10. The van der Waals surface area contributed by atoms with E-state index in [1.165, 1.54) is 18.1 Å². The molecule has 9 nitrogen and oxygen atoms in total. The summed E-state index contributed by atoms with van der Waals surface area (Å²) < 4.78 is 12.1. The lowest BCUT2D eigenvalue weighted by atomic mass is 10.2. The summed E-state index contributed by atoms with van der Waals surface area (Å²) in [5, 5.41) is 11.3. The molecule has 0 bridgehead atoms. The minimum Gasteiger partial charge on any atom is -0.493 e. The Balaban J connectivity index is 0.00000176. The molecule has 0 atom stereocenters. The molecule has 0 saturated carbocycles. The van der Waals surface area contributed by atoms with E-state index in [1.54, 1.807) is 18.3 Å². The number of benzene rings is 1.